The minimum atomic E-state index is -0.814. The van der Waals surface area contributed by atoms with E-state index in [9.17, 15) is 24.3 Å². The summed E-state index contributed by atoms with van der Waals surface area (Å²) in [5, 5.41) is 10.7. The van der Waals surface area contributed by atoms with E-state index >= 15 is 0 Å². The number of benzene rings is 1. The van der Waals surface area contributed by atoms with E-state index in [4.69, 9.17) is 14.2 Å². The number of rotatable bonds is 17. The summed E-state index contributed by atoms with van der Waals surface area (Å²) >= 11 is 0. The van der Waals surface area contributed by atoms with Crippen LogP contribution in [0.4, 0.5) is 0 Å². The summed E-state index contributed by atoms with van der Waals surface area (Å²) in [6, 6.07) is 1.05. The summed E-state index contributed by atoms with van der Waals surface area (Å²) in [6.45, 7) is 7.91. The van der Waals surface area contributed by atoms with Crippen LogP contribution in [0.15, 0.2) is 6.07 Å². The maximum Gasteiger partial charge on any atom is 0.339 e. The van der Waals surface area contributed by atoms with E-state index in [1.165, 1.54) is 0 Å². The SMILES string of the molecule is CCCCCOC(=O)c1cc(O)c(OC(=O)CCCC)c(OC(=O)CCCC)c1C(=O)CCCC. The van der Waals surface area contributed by atoms with Gasteiger partial charge in [-0.05, 0) is 31.7 Å². The second-order valence-electron chi connectivity index (χ2n) is 8.50. The Balaban J connectivity index is 3.58. The van der Waals surface area contributed by atoms with Gasteiger partial charge in [0.15, 0.2) is 17.3 Å². The van der Waals surface area contributed by atoms with E-state index in [2.05, 4.69) is 0 Å². The molecule has 1 aromatic carbocycles. The van der Waals surface area contributed by atoms with Crippen LogP contribution in [0.25, 0.3) is 0 Å². The molecule has 0 aliphatic carbocycles. The smallest absolute Gasteiger partial charge is 0.339 e. The van der Waals surface area contributed by atoms with Crippen LogP contribution < -0.4 is 9.47 Å². The quantitative estimate of drug-likeness (QED) is 0.116. The average Bonchev–Trinajstić information content (AvgIpc) is 2.84. The zero-order valence-corrected chi connectivity index (χ0v) is 21.6. The summed E-state index contributed by atoms with van der Waals surface area (Å²) in [6.07, 6.45) is 6.57. The number of carbonyl (C=O) groups is 4. The van der Waals surface area contributed by atoms with E-state index in [0.29, 0.717) is 25.7 Å². The molecule has 8 nitrogen and oxygen atoms in total. The van der Waals surface area contributed by atoms with Gasteiger partial charge in [0.2, 0.25) is 5.75 Å². The van der Waals surface area contributed by atoms with Gasteiger partial charge < -0.3 is 19.3 Å². The molecule has 0 unspecified atom stereocenters. The van der Waals surface area contributed by atoms with Crippen LogP contribution in [0, 0.1) is 0 Å². The fraction of sp³-hybridized carbons (Fsp3) is 0.630. The molecule has 0 saturated carbocycles. The summed E-state index contributed by atoms with van der Waals surface area (Å²) in [5.74, 6) is -4.00. The number of Topliss-reactive ketones (excluding diaryl/α,β-unsaturated/α-hetero) is 1. The zero-order chi connectivity index (χ0) is 26.2. The van der Waals surface area contributed by atoms with E-state index < -0.39 is 40.9 Å². The lowest BCUT2D eigenvalue weighted by atomic mass is 9.97. The number of aromatic hydroxyl groups is 1. The van der Waals surface area contributed by atoms with Gasteiger partial charge in [0.1, 0.15) is 0 Å². The number of ether oxygens (including phenoxy) is 3. The molecule has 0 fully saturated rings. The van der Waals surface area contributed by atoms with Crippen LogP contribution in [0.2, 0.25) is 0 Å². The topological polar surface area (TPSA) is 116 Å². The zero-order valence-electron chi connectivity index (χ0n) is 21.6. The predicted molar refractivity (Wildman–Crippen MR) is 132 cm³/mol. The molecule has 0 saturated heterocycles. The first-order valence-corrected chi connectivity index (χ1v) is 12.8. The summed E-state index contributed by atoms with van der Waals surface area (Å²) in [7, 11) is 0. The predicted octanol–water partition coefficient (Wildman–Crippen LogP) is 6.30. The fourth-order valence-electron chi connectivity index (χ4n) is 3.29. The van der Waals surface area contributed by atoms with Crippen molar-refractivity contribution >= 4 is 23.7 Å². The molecule has 35 heavy (non-hydrogen) atoms. The molecule has 0 amide bonds. The van der Waals surface area contributed by atoms with Gasteiger partial charge in [0.25, 0.3) is 0 Å². The lowest BCUT2D eigenvalue weighted by Gasteiger charge is -2.18. The largest absolute Gasteiger partial charge is 0.504 e. The molecule has 196 valence electrons. The highest BCUT2D eigenvalue weighted by Crippen LogP contribution is 2.43. The van der Waals surface area contributed by atoms with E-state index in [1.54, 1.807) is 0 Å². The minimum absolute atomic E-state index is 0.0643. The highest BCUT2D eigenvalue weighted by atomic mass is 16.6. The van der Waals surface area contributed by atoms with Crippen LogP contribution in [0.3, 0.4) is 0 Å². The molecule has 0 radical (unpaired) electrons. The van der Waals surface area contributed by atoms with Crippen molar-refractivity contribution in [3.63, 3.8) is 0 Å². The number of phenols is 1. The third-order valence-electron chi connectivity index (χ3n) is 5.35. The Morgan fingerprint density at radius 3 is 1.77 bits per heavy atom. The normalized spacial score (nSPS) is 10.6. The molecule has 1 N–H and O–H groups in total. The van der Waals surface area contributed by atoms with Gasteiger partial charge in [-0.15, -0.1) is 0 Å². The molecule has 0 atom stereocenters. The van der Waals surface area contributed by atoms with Gasteiger partial charge in [0.05, 0.1) is 17.7 Å². The first-order chi connectivity index (χ1) is 16.8. The molecular weight excluding hydrogens is 452 g/mol. The number of hydrogen-bond acceptors (Lipinski definition) is 8. The Labute approximate surface area is 208 Å². The minimum Gasteiger partial charge on any atom is -0.504 e. The van der Waals surface area contributed by atoms with Gasteiger partial charge >= 0.3 is 17.9 Å². The summed E-state index contributed by atoms with van der Waals surface area (Å²) in [5.41, 5.74) is -0.424. The number of hydrogen-bond donors (Lipinski definition) is 1. The van der Waals surface area contributed by atoms with Crippen LogP contribution in [-0.4, -0.2) is 35.4 Å². The van der Waals surface area contributed by atoms with E-state index in [1.807, 2.05) is 27.7 Å². The molecule has 0 spiro atoms. The van der Waals surface area contributed by atoms with Crippen LogP contribution >= 0.6 is 0 Å². The Morgan fingerprint density at radius 1 is 0.714 bits per heavy atom. The Morgan fingerprint density at radius 2 is 1.23 bits per heavy atom. The second-order valence-corrected chi connectivity index (χ2v) is 8.50. The Kier molecular flexibility index (Phi) is 14.4. The maximum atomic E-state index is 13.2. The third-order valence-corrected chi connectivity index (χ3v) is 5.35. The van der Waals surface area contributed by atoms with Gasteiger partial charge in [-0.1, -0.05) is 59.8 Å². The van der Waals surface area contributed by atoms with E-state index in [-0.39, 0.29) is 37.0 Å². The second kappa shape index (κ2) is 16.7. The number of carbonyl (C=O) groups excluding carboxylic acids is 4. The number of esters is 3. The van der Waals surface area contributed by atoms with Crippen LogP contribution in [0.5, 0.6) is 17.2 Å². The first-order valence-electron chi connectivity index (χ1n) is 12.8. The first kappa shape index (κ1) is 30.1. The number of unbranched alkanes of at least 4 members (excludes halogenated alkanes) is 5. The van der Waals surface area contributed by atoms with Crippen molar-refractivity contribution in [2.75, 3.05) is 6.61 Å². The lowest BCUT2D eigenvalue weighted by Crippen LogP contribution is -2.19. The highest BCUT2D eigenvalue weighted by Gasteiger charge is 2.31. The summed E-state index contributed by atoms with van der Waals surface area (Å²) in [4.78, 5) is 51.0. The van der Waals surface area contributed by atoms with Crippen molar-refractivity contribution in [1.29, 1.82) is 0 Å². The number of phenolic OH excluding ortho intramolecular Hbond substituents is 1. The fourth-order valence-corrected chi connectivity index (χ4v) is 3.29. The van der Waals surface area contributed by atoms with Gasteiger partial charge in [-0.3, -0.25) is 14.4 Å². The molecule has 1 rings (SSSR count). The van der Waals surface area contributed by atoms with Gasteiger partial charge in [-0.2, -0.15) is 0 Å². The monoisotopic (exact) mass is 492 g/mol. The third kappa shape index (κ3) is 10.1. The van der Waals surface area contributed by atoms with Crippen molar-refractivity contribution < 1.29 is 38.5 Å². The molecule has 0 bridgehead atoms. The van der Waals surface area contributed by atoms with Crippen molar-refractivity contribution in [3.8, 4) is 17.2 Å². The van der Waals surface area contributed by atoms with Crippen molar-refractivity contribution in [3.05, 3.63) is 17.2 Å². The average molecular weight is 493 g/mol. The summed E-state index contributed by atoms with van der Waals surface area (Å²) < 4.78 is 16.2. The highest BCUT2D eigenvalue weighted by molar-refractivity contribution is 6.10. The maximum absolute atomic E-state index is 13.2. The molecule has 8 heteroatoms. The molecule has 1 aromatic rings. The van der Waals surface area contributed by atoms with Gasteiger partial charge in [0, 0.05) is 19.3 Å². The Hall–Kier alpha value is -2.90. The van der Waals surface area contributed by atoms with Gasteiger partial charge in [-0.25, -0.2) is 4.79 Å². The Bertz CT molecular complexity index is 859. The van der Waals surface area contributed by atoms with Crippen molar-refractivity contribution in [1.82, 2.24) is 0 Å². The van der Waals surface area contributed by atoms with Crippen molar-refractivity contribution in [2.45, 2.75) is 105 Å². The van der Waals surface area contributed by atoms with Crippen molar-refractivity contribution in [2.24, 2.45) is 0 Å². The standard InChI is InChI=1S/C27H40O8/c1-5-9-13-17-33-27(32)19-18-21(29)25(34-22(30)15-11-7-3)26(35-23(31)16-12-8-4)24(19)20(28)14-10-6-2/h18,29H,5-17H2,1-4H3. The van der Waals surface area contributed by atoms with E-state index in [0.717, 1.165) is 38.2 Å². The molecular formula is C27H40O8. The van der Waals surface area contributed by atoms with Crippen LogP contribution in [-0.2, 0) is 14.3 Å². The number of ketones is 1. The molecule has 0 aromatic heterocycles. The van der Waals surface area contributed by atoms with Crippen LogP contribution in [0.1, 0.15) is 125 Å². The molecule has 0 aliphatic heterocycles. The molecule has 0 aliphatic rings. The lowest BCUT2D eigenvalue weighted by molar-refractivity contribution is -0.137. The molecule has 0 heterocycles.